The third-order valence-electron chi connectivity index (χ3n) is 4.92. The van der Waals surface area contributed by atoms with Crippen molar-refractivity contribution in [1.82, 2.24) is 20.5 Å². The molecule has 2 aromatic rings. The Morgan fingerprint density at radius 3 is 2.68 bits per heavy atom. The lowest BCUT2D eigenvalue weighted by atomic mass is 10.1. The van der Waals surface area contributed by atoms with E-state index in [0.717, 1.165) is 55.9 Å². The molecule has 150 valence electrons. The van der Waals surface area contributed by atoms with E-state index < -0.39 is 0 Å². The lowest BCUT2D eigenvalue weighted by molar-refractivity contribution is 0.312. The summed E-state index contributed by atoms with van der Waals surface area (Å²) in [6, 6.07) is 12.2. The van der Waals surface area contributed by atoms with Crippen molar-refractivity contribution in [1.29, 1.82) is 0 Å². The van der Waals surface area contributed by atoms with Gasteiger partial charge in [0, 0.05) is 57.5 Å². The first kappa shape index (κ1) is 20.4. The summed E-state index contributed by atoms with van der Waals surface area (Å²) in [7, 11) is 3.95. The van der Waals surface area contributed by atoms with E-state index in [1.807, 2.05) is 30.5 Å². The highest BCUT2D eigenvalue weighted by Crippen LogP contribution is 2.14. The monoisotopic (exact) mass is 400 g/mol. The number of halogens is 1. The maximum Gasteiger partial charge on any atom is 0.191 e. The summed E-state index contributed by atoms with van der Waals surface area (Å²) >= 11 is 6.04. The van der Waals surface area contributed by atoms with Gasteiger partial charge in [-0.3, -0.25) is 4.99 Å². The molecule has 2 heterocycles. The van der Waals surface area contributed by atoms with Crippen molar-refractivity contribution in [3.63, 3.8) is 0 Å². The third kappa shape index (κ3) is 6.11. The van der Waals surface area contributed by atoms with Crippen LogP contribution in [0.3, 0.4) is 0 Å². The van der Waals surface area contributed by atoms with Gasteiger partial charge in [-0.1, -0.05) is 23.7 Å². The zero-order valence-electron chi connectivity index (χ0n) is 16.7. The molecule has 0 spiro atoms. The summed E-state index contributed by atoms with van der Waals surface area (Å²) in [6.07, 6.45) is 2.78. The van der Waals surface area contributed by atoms with Gasteiger partial charge in [0.05, 0.1) is 0 Å². The number of piperazine rings is 1. The molecule has 1 aliphatic rings. The molecule has 1 aromatic heterocycles. The van der Waals surface area contributed by atoms with Gasteiger partial charge in [0.25, 0.3) is 0 Å². The SMILES string of the molecule is CN=C(NCCc1cccc(Cl)c1)NCc1ccnc(N2CCN(C)CC2)c1. The number of hydrogen-bond donors (Lipinski definition) is 2. The Hall–Kier alpha value is -2.31. The lowest BCUT2D eigenvalue weighted by Crippen LogP contribution is -2.44. The predicted octanol–water partition coefficient (Wildman–Crippen LogP) is 2.39. The summed E-state index contributed by atoms with van der Waals surface area (Å²) in [5, 5.41) is 7.51. The molecule has 1 aromatic carbocycles. The Kier molecular flexibility index (Phi) is 7.51. The first-order chi connectivity index (χ1) is 13.6. The van der Waals surface area contributed by atoms with Crippen molar-refractivity contribution in [3.05, 3.63) is 58.7 Å². The molecule has 0 amide bonds. The molecule has 7 heteroatoms. The van der Waals surface area contributed by atoms with Gasteiger partial charge in [-0.05, 0) is 48.9 Å². The second-order valence-electron chi connectivity index (χ2n) is 7.05. The van der Waals surface area contributed by atoms with Gasteiger partial charge in [-0.2, -0.15) is 0 Å². The molecule has 1 fully saturated rings. The molecule has 0 saturated carbocycles. The van der Waals surface area contributed by atoms with E-state index in [1.54, 1.807) is 7.05 Å². The largest absolute Gasteiger partial charge is 0.356 e. The Balaban J connectivity index is 1.47. The van der Waals surface area contributed by atoms with Crippen LogP contribution in [0.5, 0.6) is 0 Å². The fourth-order valence-electron chi connectivity index (χ4n) is 3.20. The van der Waals surface area contributed by atoms with E-state index in [1.165, 1.54) is 11.1 Å². The van der Waals surface area contributed by atoms with Crippen LogP contribution in [0.1, 0.15) is 11.1 Å². The van der Waals surface area contributed by atoms with Gasteiger partial charge < -0.3 is 20.4 Å². The molecular formula is C21H29ClN6. The fraction of sp³-hybridized carbons (Fsp3) is 0.429. The minimum atomic E-state index is 0.708. The Morgan fingerprint density at radius 2 is 1.93 bits per heavy atom. The molecule has 28 heavy (non-hydrogen) atoms. The first-order valence-electron chi connectivity index (χ1n) is 9.71. The quantitative estimate of drug-likeness (QED) is 0.576. The lowest BCUT2D eigenvalue weighted by Gasteiger charge is -2.33. The molecule has 6 nitrogen and oxygen atoms in total. The van der Waals surface area contributed by atoms with Crippen LogP contribution in [0, 0.1) is 0 Å². The van der Waals surface area contributed by atoms with Gasteiger partial charge in [-0.25, -0.2) is 4.98 Å². The maximum atomic E-state index is 6.04. The smallest absolute Gasteiger partial charge is 0.191 e. The van der Waals surface area contributed by atoms with Gasteiger partial charge in [0.15, 0.2) is 5.96 Å². The van der Waals surface area contributed by atoms with E-state index in [-0.39, 0.29) is 0 Å². The van der Waals surface area contributed by atoms with Crippen LogP contribution < -0.4 is 15.5 Å². The number of anilines is 1. The Bertz CT molecular complexity index is 786. The standard InChI is InChI=1S/C21H29ClN6/c1-23-21(25-9-6-17-4-3-5-19(22)14-17)26-16-18-7-8-24-20(15-18)28-12-10-27(2)11-13-28/h3-5,7-8,14-15H,6,9-13,16H2,1-2H3,(H2,23,25,26). The Morgan fingerprint density at radius 1 is 1.11 bits per heavy atom. The van der Waals surface area contributed by atoms with Crippen molar-refractivity contribution in [3.8, 4) is 0 Å². The van der Waals surface area contributed by atoms with Crippen molar-refractivity contribution in [2.45, 2.75) is 13.0 Å². The van der Waals surface area contributed by atoms with Crippen LogP contribution in [-0.2, 0) is 13.0 Å². The van der Waals surface area contributed by atoms with Gasteiger partial charge in [0.2, 0.25) is 0 Å². The van der Waals surface area contributed by atoms with E-state index in [2.05, 4.69) is 49.6 Å². The second-order valence-corrected chi connectivity index (χ2v) is 7.48. The number of rotatable bonds is 6. The number of benzene rings is 1. The highest BCUT2D eigenvalue weighted by molar-refractivity contribution is 6.30. The number of nitrogens with one attached hydrogen (secondary N) is 2. The van der Waals surface area contributed by atoms with Crippen molar-refractivity contribution in [2.24, 2.45) is 4.99 Å². The van der Waals surface area contributed by atoms with Crippen LogP contribution in [0.15, 0.2) is 47.6 Å². The van der Waals surface area contributed by atoms with E-state index in [0.29, 0.717) is 6.54 Å². The summed E-state index contributed by atoms with van der Waals surface area (Å²) in [4.78, 5) is 13.6. The third-order valence-corrected chi connectivity index (χ3v) is 5.15. The van der Waals surface area contributed by atoms with E-state index in [4.69, 9.17) is 11.6 Å². The van der Waals surface area contributed by atoms with Crippen LogP contribution in [0.25, 0.3) is 0 Å². The molecule has 2 N–H and O–H groups in total. The van der Waals surface area contributed by atoms with Crippen LogP contribution in [0.4, 0.5) is 5.82 Å². The molecular weight excluding hydrogens is 372 g/mol. The zero-order chi connectivity index (χ0) is 19.8. The van der Waals surface area contributed by atoms with Gasteiger partial charge >= 0.3 is 0 Å². The molecule has 1 saturated heterocycles. The highest BCUT2D eigenvalue weighted by Gasteiger charge is 2.15. The molecule has 1 aliphatic heterocycles. The zero-order valence-corrected chi connectivity index (χ0v) is 17.4. The maximum absolute atomic E-state index is 6.04. The minimum absolute atomic E-state index is 0.708. The number of aliphatic imine (C=N–C) groups is 1. The predicted molar refractivity (Wildman–Crippen MR) is 117 cm³/mol. The molecule has 0 unspecified atom stereocenters. The van der Waals surface area contributed by atoms with Crippen LogP contribution in [0.2, 0.25) is 5.02 Å². The minimum Gasteiger partial charge on any atom is -0.356 e. The first-order valence-corrected chi connectivity index (χ1v) is 10.1. The number of likely N-dealkylation sites (N-methyl/N-ethyl adjacent to an activating group) is 1. The van der Waals surface area contributed by atoms with Gasteiger partial charge in [-0.15, -0.1) is 0 Å². The van der Waals surface area contributed by atoms with E-state index in [9.17, 15) is 0 Å². The van der Waals surface area contributed by atoms with Crippen molar-refractivity contribution < 1.29 is 0 Å². The van der Waals surface area contributed by atoms with Gasteiger partial charge in [0.1, 0.15) is 5.82 Å². The second kappa shape index (κ2) is 10.3. The average molecular weight is 401 g/mol. The summed E-state index contributed by atoms with van der Waals surface area (Å²) in [5.41, 5.74) is 2.41. The number of guanidine groups is 1. The van der Waals surface area contributed by atoms with Crippen molar-refractivity contribution in [2.75, 3.05) is 51.7 Å². The number of pyridine rings is 1. The number of aromatic nitrogens is 1. The van der Waals surface area contributed by atoms with Crippen LogP contribution >= 0.6 is 11.6 Å². The molecule has 0 radical (unpaired) electrons. The fourth-order valence-corrected chi connectivity index (χ4v) is 3.42. The Labute approximate surface area is 172 Å². The summed E-state index contributed by atoms with van der Waals surface area (Å²) in [6.45, 7) is 5.70. The summed E-state index contributed by atoms with van der Waals surface area (Å²) in [5.74, 6) is 1.84. The highest BCUT2D eigenvalue weighted by atomic mass is 35.5. The van der Waals surface area contributed by atoms with Crippen LogP contribution in [-0.4, -0.2) is 62.7 Å². The average Bonchev–Trinajstić information content (AvgIpc) is 2.71. The normalized spacial score (nSPS) is 15.5. The van der Waals surface area contributed by atoms with E-state index >= 15 is 0 Å². The van der Waals surface area contributed by atoms with Crippen molar-refractivity contribution >= 4 is 23.4 Å². The molecule has 0 atom stereocenters. The number of hydrogen-bond acceptors (Lipinski definition) is 4. The molecule has 0 aliphatic carbocycles. The molecule has 0 bridgehead atoms. The summed E-state index contributed by atoms with van der Waals surface area (Å²) < 4.78 is 0. The molecule has 3 rings (SSSR count). The topological polar surface area (TPSA) is 55.8 Å². The number of nitrogens with zero attached hydrogens (tertiary/aromatic N) is 4.